The number of anilines is 1. The maximum absolute atomic E-state index is 9.85. The monoisotopic (exact) mass is 268 g/mol. The Morgan fingerprint density at radius 2 is 2.05 bits per heavy atom. The van der Waals surface area contributed by atoms with E-state index in [0.717, 1.165) is 27.9 Å². The number of fused-ring (bicyclic) bond motifs is 1. The summed E-state index contributed by atoms with van der Waals surface area (Å²) in [6.45, 7) is 0.541. The number of phenolic OH excluding ortho intramolecular Hbond substituents is 1. The van der Waals surface area contributed by atoms with Crippen LogP contribution in [0, 0.1) is 0 Å². The number of rotatable bonds is 4. The molecule has 4 nitrogen and oxygen atoms in total. The quantitative estimate of drug-likeness (QED) is 0.679. The molecule has 102 valence electrons. The lowest BCUT2D eigenvalue weighted by atomic mass is 10.1. The summed E-state index contributed by atoms with van der Waals surface area (Å²) in [5.41, 5.74) is 2.93. The Kier molecular flexibility index (Phi) is 3.21. The van der Waals surface area contributed by atoms with Crippen LogP contribution in [0.3, 0.4) is 0 Å². The van der Waals surface area contributed by atoms with Crippen LogP contribution in [-0.2, 0) is 6.54 Å². The minimum atomic E-state index is 0.265. The van der Waals surface area contributed by atoms with Crippen LogP contribution in [0.5, 0.6) is 11.5 Å². The molecule has 0 atom stereocenters. The maximum Gasteiger partial charge on any atom is 0.120 e. The molecule has 0 aliphatic rings. The van der Waals surface area contributed by atoms with E-state index in [4.69, 9.17) is 4.74 Å². The highest BCUT2D eigenvalue weighted by atomic mass is 16.5. The molecule has 3 N–H and O–H groups in total. The molecule has 0 amide bonds. The molecule has 1 aromatic heterocycles. The van der Waals surface area contributed by atoms with Gasteiger partial charge in [-0.2, -0.15) is 0 Å². The summed E-state index contributed by atoms with van der Waals surface area (Å²) in [5.74, 6) is 1.00. The Morgan fingerprint density at radius 3 is 2.90 bits per heavy atom. The summed E-state index contributed by atoms with van der Waals surface area (Å²) in [6.07, 6.45) is 1.92. The van der Waals surface area contributed by atoms with Crippen LogP contribution in [-0.4, -0.2) is 17.2 Å². The first kappa shape index (κ1) is 12.4. The van der Waals surface area contributed by atoms with Gasteiger partial charge in [0.1, 0.15) is 11.5 Å². The maximum atomic E-state index is 9.85. The van der Waals surface area contributed by atoms with Crippen LogP contribution in [0.4, 0.5) is 5.69 Å². The average molecular weight is 268 g/mol. The highest BCUT2D eigenvalue weighted by Gasteiger charge is 2.04. The van der Waals surface area contributed by atoms with E-state index in [1.165, 1.54) is 0 Å². The molecule has 3 aromatic rings. The van der Waals surface area contributed by atoms with E-state index in [-0.39, 0.29) is 5.75 Å². The molecule has 0 saturated heterocycles. The van der Waals surface area contributed by atoms with Crippen molar-refractivity contribution in [3.63, 3.8) is 0 Å². The van der Waals surface area contributed by atoms with Crippen molar-refractivity contribution in [1.29, 1.82) is 0 Å². The second kappa shape index (κ2) is 5.17. The number of aromatic hydroxyl groups is 1. The Balaban J connectivity index is 1.78. The Labute approximate surface area is 117 Å². The second-order valence-corrected chi connectivity index (χ2v) is 4.63. The highest BCUT2D eigenvalue weighted by Crippen LogP contribution is 2.24. The van der Waals surface area contributed by atoms with Gasteiger partial charge in [-0.3, -0.25) is 0 Å². The first-order valence-electron chi connectivity index (χ1n) is 6.43. The summed E-state index contributed by atoms with van der Waals surface area (Å²) >= 11 is 0. The van der Waals surface area contributed by atoms with Crippen molar-refractivity contribution < 1.29 is 9.84 Å². The normalized spacial score (nSPS) is 10.7. The van der Waals surface area contributed by atoms with Crippen LogP contribution in [0.1, 0.15) is 5.56 Å². The third kappa shape index (κ3) is 2.40. The summed E-state index contributed by atoms with van der Waals surface area (Å²) in [4.78, 5) is 3.16. The van der Waals surface area contributed by atoms with Crippen LogP contribution in [0.25, 0.3) is 10.9 Å². The highest BCUT2D eigenvalue weighted by molar-refractivity contribution is 5.82. The molecule has 0 spiro atoms. The van der Waals surface area contributed by atoms with Crippen molar-refractivity contribution in [3.8, 4) is 11.5 Å². The van der Waals surface area contributed by atoms with Gasteiger partial charge in [-0.15, -0.1) is 0 Å². The van der Waals surface area contributed by atoms with Crippen LogP contribution < -0.4 is 10.1 Å². The summed E-state index contributed by atoms with van der Waals surface area (Å²) < 4.78 is 5.17. The predicted octanol–water partition coefficient (Wildman–Crippen LogP) is 3.49. The number of hydrogen-bond donors (Lipinski definition) is 3. The molecule has 0 radical (unpaired) electrons. The molecular weight excluding hydrogens is 252 g/mol. The van der Waals surface area contributed by atoms with Crippen molar-refractivity contribution in [2.45, 2.75) is 6.54 Å². The van der Waals surface area contributed by atoms with E-state index in [1.807, 2.05) is 30.5 Å². The van der Waals surface area contributed by atoms with E-state index < -0.39 is 0 Å². The van der Waals surface area contributed by atoms with Crippen molar-refractivity contribution >= 4 is 16.6 Å². The molecule has 0 unspecified atom stereocenters. The van der Waals surface area contributed by atoms with Crippen molar-refractivity contribution in [3.05, 3.63) is 54.2 Å². The van der Waals surface area contributed by atoms with E-state index in [1.54, 1.807) is 19.2 Å². The second-order valence-electron chi connectivity index (χ2n) is 4.63. The largest absolute Gasteiger partial charge is 0.508 e. The molecule has 20 heavy (non-hydrogen) atoms. The number of nitrogens with one attached hydrogen (secondary N) is 2. The minimum Gasteiger partial charge on any atom is -0.508 e. The fourth-order valence-corrected chi connectivity index (χ4v) is 2.19. The van der Waals surface area contributed by atoms with Crippen molar-refractivity contribution in [2.75, 3.05) is 12.4 Å². The van der Waals surface area contributed by atoms with Gasteiger partial charge in [0.15, 0.2) is 0 Å². The van der Waals surface area contributed by atoms with Gasteiger partial charge in [0.25, 0.3) is 0 Å². The van der Waals surface area contributed by atoms with Crippen LogP contribution >= 0.6 is 0 Å². The zero-order chi connectivity index (χ0) is 13.9. The van der Waals surface area contributed by atoms with Gasteiger partial charge in [0.2, 0.25) is 0 Å². The lowest BCUT2D eigenvalue weighted by Gasteiger charge is -2.10. The van der Waals surface area contributed by atoms with E-state index >= 15 is 0 Å². The van der Waals surface area contributed by atoms with E-state index in [9.17, 15) is 5.11 Å². The predicted molar refractivity (Wildman–Crippen MR) is 80.3 cm³/mol. The van der Waals surface area contributed by atoms with Gasteiger partial charge in [-0.25, -0.2) is 0 Å². The molecule has 2 aromatic carbocycles. The number of ether oxygens (including phenoxy) is 1. The molecule has 0 fully saturated rings. The minimum absolute atomic E-state index is 0.265. The zero-order valence-corrected chi connectivity index (χ0v) is 11.2. The van der Waals surface area contributed by atoms with Crippen LogP contribution in [0.2, 0.25) is 0 Å². The number of aromatic nitrogens is 1. The van der Waals surface area contributed by atoms with Gasteiger partial charge < -0.3 is 20.1 Å². The molecule has 0 saturated carbocycles. The van der Waals surface area contributed by atoms with Crippen molar-refractivity contribution in [2.24, 2.45) is 0 Å². The fourth-order valence-electron chi connectivity index (χ4n) is 2.19. The molecule has 0 aliphatic carbocycles. The number of benzene rings is 2. The molecule has 3 rings (SSSR count). The lowest BCUT2D eigenvalue weighted by molar-refractivity contribution is 0.411. The molecule has 4 heteroatoms. The SMILES string of the molecule is COc1ccc(O)c(CNc2ccc3[nH]ccc3c2)c1. The number of aromatic amines is 1. The third-order valence-corrected chi connectivity index (χ3v) is 3.32. The average Bonchev–Trinajstić information content (AvgIpc) is 2.94. The Bertz CT molecular complexity index is 734. The van der Waals surface area contributed by atoms with Crippen molar-refractivity contribution in [1.82, 2.24) is 4.98 Å². The van der Waals surface area contributed by atoms with Crippen LogP contribution in [0.15, 0.2) is 48.7 Å². The van der Waals surface area contributed by atoms with Gasteiger partial charge in [-0.1, -0.05) is 0 Å². The number of methoxy groups -OCH3 is 1. The first-order valence-corrected chi connectivity index (χ1v) is 6.43. The first-order chi connectivity index (χ1) is 9.76. The lowest BCUT2D eigenvalue weighted by Crippen LogP contribution is -2.00. The molecule has 0 aliphatic heterocycles. The standard InChI is InChI=1S/C16H16N2O2/c1-20-14-3-5-16(19)12(9-14)10-18-13-2-4-15-11(8-13)6-7-17-15/h2-9,17-19H,10H2,1H3. The smallest absolute Gasteiger partial charge is 0.120 e. The number of H-pyrrole nitrogens is 1. The summed E-state index contributed by atoms with van der Waals surface area (Å²) in [5, 5.41) is 14.3. The topological polar surface area (TPSA) is 57.3 Å². The Hall–Kier alpha value is -2.62. The molecule has 1 heterocycles. The molecule has 0 bridgehead atoms. The number of phenols is 1. The summed E-state index contributed by atoms with van der Waals surface area (Å²) in [7, 11) is 1.61. The van der Waals surface area contributed by atoms with Gasteiger partial charge >= 0.3 is 0 Å². The van der Waals surface area contributed by atoms with Gasteiger partial charge in [0.05, 0.1) is 7.11 Å². The fraction of sp³-hybridized carbons (Fsp3) is 0.125. The van der Waals surface area contributed by atoms with Gasteiger partial charge in [-0.05, 0) is 42.5 Å². The zero-order valence-electron chi connectivity index (χ0n) is 11.2. The van der Waals surface area contributed by atoms with Gasteiger partial charge in [0, 0.05) is 34.9 Å². The van der Waals surface area contributed by atoms with E-state index in [2.05, 4.69) is 16.4 Å². The van der Waals surface area contributed by atoms with E-state index in [0.29, 0.717) is 6.54 Å². The molecular formula is C16H16N2O2. The Morgan fingerprint density at radius 1 is 1.15 bits per heavy atom. The summed E-state index contributed by atoms with van der Waals surface area (Å²) in [6, 6.07) is 13.4. The third-order valence-electron chi connectivity index (χ3n) is 3.32. The number of hydrogen-bond acceptors (Lipinski definition) is 3.